The largest absolute Gasteiger partial charge is 0.481 e. The molecule has 0 bridgehead atoms. The van der Waals surface area contributed by atoms with Crippen LogP contribution in [0.5, 0.6) is 0 Å². The molecule has 0 unspecified atom stereocenters. The van der Waals surface area contributed by atoms with Crippen molar-refractivity contribution in [1.82, 2.24) is 10.2 Å². The summed E-state index contributed by atoms with van der Waals surface area (Å²) in [4.78, 5) is 23.8. The highest BCUT2D eigenvalue weighted by Gasteiger charge is 2.21. The molecule has 1 aliphatic heterocycles. The molecule has 6 nitrogen and oxygen atoms in total. The van der Waals surface area contributed by atoms with Crippen LogP contribution in [-0.2, 0) is 9.53 Å². The van der Waals surface area contributed by atoms with Gasteiger partial charge in [0.1, 0.15) is 6.61 Å². The topological polar surface area (TPSA) is 78.9 Å². The fourth-order valence-corrected chi connectivity index (χ4v) is 1.90. The van der Waals surface area contributed by atoms with Crippen LogP contribution in [0.4, 0.5) is 4.79 Å². The highest BCUT2D eigenvalue weighted by molar-refractivity contribution is 5.67. The Morgan fingerprint density at radius 3 is 2.67 bits per heavy atom. The first-order chi connectivity index (χ1) is 8.61. The van der Waals surface area contributed by atoms with Crippen LogP contribution >= 0.6 is 0 Å². The molecule has 0 spiro atoms. The second-order valence-electron chi connectivity index (χ2n) is 4.29. The van der Waals surface area contributed by atoms with Crippen LogP contribution in [0.1, 0.15) is 19.3 Å². The molecule has 18 heavy (non-hydrogen) atoms. The molecule has 1 saturated heterocycles. The zero-order valence-corrected chi connectivity index (χ0v) is 10.4. The highest BCUT2D eigenvalue weighted by atomic mass is 16.5. The first-order valence-electron chi connectivity index (χ1n) is 6.10. The van der Waals surface area contributed by atoms with Crippen molar-refractivity contribution in [3.05, 3.63) is 12.7 Å². The van der Waals surface area contributed by atoms with Gasteiger partial charge in [-0.25, -0.2) is 4.79 Å². The van der Waals surface area contributed by atoms with Crippen molar-refractivity contribution in [3.63, 3.8) is 0 Å². The Bertz CT molecular complexity index is 298. The van der Waals surface area contributed by atoms with Crippen molar-refractivity contribution in [2.24, 2.45) is 0 Å². The zero-order chi connectivity index (χ0) is 13.4. The third-order valence-corrected chi connectivity index (χ3v) is 2.88. The molecule has 0 aromatic rings. The monoisotopic (exact) mass is 256 g/mol. The number of nitrogens with one attached hydrogen (secondary N) is 1. The van der Waals surface area contributed by atoms with E-state index in [0.29, 0.717) is 6.54 Å². The number of piperidine rings is 1. The van der Waals surface area contributed by atoms with Gasteiger partial charge in [0, 0.05) is 25.7 Å². The summed E-state index contributed by atoms with van der Waals surface area (Å²) in [7, 11) is 0. The molecule has 6 heteroatoms. The second-order valence-corrected chi connectivity index (χ2v) is 4.29. The minimum atomic E-state index is -0.775. The number of carboxylic acids is 1. The number of rotatable bonds is 6. The molecule has 0 radical (unpaired) electrons. The lowest BCUT2D eigenvalue weighted by molar-refractivity contribution is -0.137. The van der Waals surface area contributed by atoms with Gasteiger partial charge in [0.25, 0.3) is 0 Å². The summed E-state index contributed by atoms with van der Waals surface area (Å²) in [6.45, 7) is 5.86. The molecule has 1 fully saturated rings. The predicted octanol–water partition coefficient (Wildman–Crippen LogP) is 0.838. The fourth-order valence-electron chi connectivity index (χ4n) is 1.90. The van der Waals surface area contributed by atoms with Crippen LogP contribution in [0.2, 0.25) is 0 Å². The van der Waals surface area contributed by atoms with E-state index >= 15 is 0 Å². The van der Waals surface area contributed by atoms with Crippen LogP contribution in [-0.4, -0.2) is 54.4 Å². The lowest BCUT2D eigenvalue weighted by atomic mass is 10.1. The summed E-state index contributed by atoms with van der Waals surface area (Å²) < 4.78 is 4.84. The van der Waals surface area contributed by atoms with E-state index in [4.69, 9.17) is 9.84 Å². The summed E-state index contributed by atoms with van der Waals surface area (Å²) in [6.07, 6.45) is 2.91. The van der Waals surface area contributed by atoms with Crippen molar-refractivity contribution in [2.75, 3.05) is 26.2 Å². The van der Waals surface area contributed by atoms with Gasteiger partial charge < -0.3 is 20.1 Å². The van der Waals surface area contributed by atoms with Gasteiger partial charge in [-0.3, -0.25) is 4.79 Å². The molecule has 1 aliphatic rings. The van der Waals surface area contributed by atoms with Gasteiger partial charge in [-0.1, -0.05) is 12.7 Å². The summed E-state index contributed by atoms with van der Waals surface area (Å²) in [6, 6.07) is 0.114. The fraction of sp³-hybridized carbons (Fsp3) is 0.667. The Balaban J connectivity index is 2.16. The van der Waals surface area contributed by atoms with E-state index in [2.05, 4.69) is 16.8 Å². The van der Waals surface area contributed by atoms with Crippen molar-refractivity contribution in [3.8, 4) is 0 Å². The van der Waals surface area contributed by atoms with Crippen LogP contribution < -0.4 is 5.32 Å². The van der Waals surface area contributed by atoms with Gasteiger partial charge in [0.15, 0.2) is 0 Å². The summed E-state index contributed by atoms with van der Waals surface area (Å²) >= 11 is 0. The molecule has 2 N–H and O–H groups in total. The third kappa shape index (κ3) is 5.67. The minimum absolute atomic E-state index is 0.114. The number of ether oxygens (including phenoxy) is 1. The Labute approximate surface area is 107 Å². The molecule has 0 aromatic carbocycles. The van der Waals surface area contributed by atoms with Crippen molar-refractivity contribution >= 4 is 12.1 Å². The number of amides is 1. The van der Waals surface area contributed by atoms with Gasteiger partial charge in [0.05, 0.1) is 6.42 Å². The maximum Gasteiger partial charge on any atom is 0.407 e. The van der Waals surface area contributed by atoms with Crippen molar-refractivity contribution in [1.29, 1.82) is 0 Å². The molecule has 1 rings (SSSR count). The molecule has 0 aromatic heterocycles. The number of aliphatic carboxylic acids is 1. The number of alkyl carbamates (subject to hydrolysis) is 1. The molecule has 1 heterocycles. The lowest BCUT2D eigenvalue weighted by Crippen LogP contribution is -2.45. The van der Waals surface area contributed by atoms with E-state index in [1.807, 2.05) is 0 Å². The average Bonchev–Trinajstić information content (AvgIpc) is 2.35. The molecule has 0 saturated carbocycles. The predicted molar refractivity (Wildman–Crippen MR) is 66.4 cm³/mol. The van der Waals surface area contributed by atoms with E-state index in [9.17, 15) is 9.59 Å². The Kier molecular flexibility index (Phi) is 6.21. The quantitative estimate of drug-likeness (QED) is 0.688. The van der Waals surface area contributed by atoms with Crippen LogP contribution in [0, 0.1) is 0 Å². The number of carboxylic acid groups (broad SMARTS) is 1. The van der Waals surface area contributed by atoms with Gasteiger partial charge in [0.2, 0.25) is 0 Å². The number of carbonyl (C=O) groups excluding carboxylic acids is 1. The van der Waals surface area contributed by atoms with Crippen LogP contribution in [0.3, 0.4) is 0 Å². The maximum atomic E-state index is 11.3. The molecular weight excluding hydrogens is 236 g/mol. The first kappa shape index (κ1) is 14.5. The first-order valence-corrected chi connectivity index (χ1v) is 6.10. The number of carbonyl (C=O) groups is 2. The minimum Gasteiger partial charge on any atom is -0.481 e. The SMILES string of the molecule is C=CCOC(=O)NC1CCN(CCC(=O)O)CC1. The number of likely N-dealkylation sites (tertiary alicyclic amines) is 1. The van der Waals surface area contributed by atoms with Gasteiger partial charge in [-0.2, -0.15) is 0 Å². The van der Waals surface area contributed by atoms with Crippen molar-refractivity contribution < 1.29 is 19.4 Å². The van der Waals surface area contributed by atoms with Gasteiger partial charge >= 0.3 is 12.1 Å². The van der Waals surface area contributed by atoms with Gasteiger partial charge in [-0.05, 0) is 12.8 Å². The van der Waals surface area contributed by atoms with E-state index < -0.39 is 12.1 Å². The van der Waals surface area contributed by atoms with E-state index in [1.165, 1.54) is 6.08 Å². The Morgan fingerprint density at radius 1 is 1.44 bits per heavy atom. The standard InChI is InChI=1S/C12H20N2O4/c1-2-9-18-12(17)13-10-3-6-14(7-4-10)8-5-11(15)16/h2,10H,1,3-9H2,(H,13,17)(H,15,16). The van der Waals surface area contributed by atoms with Crippen LogP contribution in [0.15, 0.2) is 12.7 Å². The Hall–Kier alpha value is -1.56. The van der Waals surface area contributed by atoms with Crippen molar-refractivity contribution in [2.45, 2.75) is 25.3 Å². The third-order valence-electron chi connectivity index (χ3n) is 2.88. The molecule has 1 amide bonds. The molecule has 0 aliphatic carbocycles. The normalized spacial score (nSPS) is 17.1. The second kappa shape index (κ2) is 7.71. The summed E-state index contributed by atoms with van der Waals surface area (Å²) in [5.41, 5.74) is 0. The average molecular weight is 256 g/mol. The number of hydrogen-bond donors (Lipinski definition) is 2. The van der Waals surface area contributed by atoms with Gasteiger partial charge in [-0.15, -0.1) is 0 Å². The van der Waals surface area contributed by atoms with E-state index in [1.54, 1.807) is 0 Å². The van der Waals surface area contributed by atoms with E-state index in [-0.39, 0.29) is 19.1 Å². The maximum absolute atomic E-state index is 11.3. The molecular formula is C12H20N2O4. The lowest BCUT2D eigenvalue weighted by Gasteiger charge is -2.31. The molecule has 102 valence electrons. The van der Waals surface area contributed by atoms with Crippen LogP contribution in [0.25, 0.3) is 0 Å². The Morgan fingerprint density at radius 2 is 2.11 bits per heavy atom. The smallest absolute Gasteiger partial charge is 0.407 e. The number of nitrogens with zero attached hydrogens (tertiary/aromatic N) is 1. The molecule has 0 atom stereocenters. The summed E-state index contributed by atoms with van der Waals surface area (Å²) in [5.74, 6) is -0.775. The summed E-state index contributed by atoms with van der Waals surface area (Å²) in [5, 5.41) is 11.4. The zero-order valence-electron chi connectivity index (χ0n) is 10.4. The highest BCUT2D eigenvalue weighted by Crippen LogP contribution is 2.10. The number of hydrogen-bond acceptors (Lipinski definition) is 4. The van der Waals surface area contributed by atoms with E-state index in [0.717, 1.165) is 25.9 Å².